The Morgan fingerprint density at radius 1 is 1.30 bits per heavy atom. The number of ether oxygens (including phenoxy) is 2. The molecule has 1 aliphatic rings. The van der Waals surface area contributed by atoms with Gasteiger partial charge in [0.15, 0.2) is 0 Å². The van der Waals surface area contributed by atoms with Gasteiger partial charge in [0, 0.05) is 20.1 Å². The van der Waals surface area contributed by atoms with Gasteiger partial charge < -0.3 is 24.8 Å². The van der Waals surface area contributed by atoms with Crippen LogP contribution in [-0.2, 0) is 4.74 Å². The van der Waals surface area contributed by atoms with Crippen LogP contribution < -0.4 is 15.0 Å². The van der Waals surface area contributed by atoms with Crippen LogP contribution in [0.1, 0.15) is 12.8 Å². The summed E-state index contributed by atoms with van der Waals surface area (Å²) in [5.74, 6) is 1.10. The van der Waals surface area contributed by atoms with Gasteiger partial charge in [-0.2, -0.15) is 15.0 Å². The number of aliphatic hydroxyl groups excluding tert-OH is 1. The standard InChI is InChI=1S/C12H21N5O3/c1-13-10-14-11(16-12(15-10)19-2)17-5-3-9(4-6-17)20-8-7-18/h9,18H,3-8H2,1-2H3,(H,13,14,15,16). The highest BCUT2D eigenvalue weighted by molar-refractivity contribution is 5.38. The molecule has 1 aliphatic heterocycles. The Balaban J connectivity index is 1.99. The fraction of sp³-hybridized carbons (Fsp3) is 0.750. The minimum atomic E-state index is 0.0659. The van der Waals surface area contributed by atoms with E-state index in [9.17, 15) is 0 Å². The maximum Gasteiger partial charge on any atom is 0.322 e. The minimum Gasteiger partial charge on any atom is -0.467 e. The van der Waals surface area contributed by atoms with E-state index in [2.05, 4.69) is 25.2 Å². The third kappa shape index (κ3) is 3.67. The summed E-state index contributed by atoms with van der Waals surface area (Å²) >= 11 is 0. The summed E-state index contributed by atoms with van der Waals surface area (Å²) in [5, 5.41) is 11.7. The molecule has 2 heterocycles. The highest BCUT2D eigenvalue weighted by Gasteiger charge is 2.22. The fourth-order valence-corrected chi connectivity index (χ4v) is 2.13. The Morgan fingerprint density at radius 3 is 2.65 bits per heavy atom. The molecule has 0 aliphatic carbocycles. The van der Waals surface area contributed by atoms with Gasteiger partial charge in [0.05, 0.1) is 26.4 Å². The summed E-state index contributed by atoms with van der Waals surface area (Å²) in [6.45, 7) is 2.09. The highest BCUT2D eigenvalue weighted by atomic mass is 16.5. The molecule has 8 nitrogen and oxygen atoms in total. The van der Waals surface area contributed by atoms with Gasteiger partial charge in [-0.25, -0.2) is 0 Å². The average molecular weight is 283 g/mol. The first-order chi connectivity index (χ1) is 9.76. The van der Waals surface area contributed by atoms with Crippen LogP contribution in [0.3, 0.4) is 0 Å². The molecule has 112 valence electrons. The Morgan fingerprint density at radius 2 is 2.05 bits per heavy atom. The molecule has 1 aromatic rings. The Labute approximate surface area is 118 Å². The Bertz CT molecular complexity index is 401. The van der Waals surface area contributed by atoms with E-state index < -0.39 is 0 Å². The maximum atomic E-state index is 8.76. The summed E-state index contributed by atoms with van der Waals surface area (Å²) in [6.07, 6.45) is 1.98. The van der Waals surface area contributed by atoms with Gasteiger partial charge in [0.2, 0.25) is 11.9 Å². The number of nitrogens with one attached hydrogen (secondary N) is 1. The Hall–Kier alpha value is -1.67. The monoisotopic (exact) mass is 283 g/mol. The van der Waals surface area contributed by atoms with Crippen LogP contribution in [0.2, 0.25) is 0 Å². The van der Waals surface area contributed by atoms with Crippen molar-refractivity contribution in [2.24, 2.45) is 0 Å². The summed E-state index contributed by atoms with van der Waals surface area (Å²) in [4.78, 5) is 14.8. The van der Waals surface area contributed by atoms with E-state index in [1.54, 1.807) is 7.05 Å². The molecule has 8 heteroatoms. The average Bonchev–Trinajstić information content (AvgIpc) is 2.52. The zero-order valence-corrected chi connectivity index (χ0v) is 11.9. The molecule has 0 aromatic carbocycles. The number of hydrogen-bond acceptors (Lipinski definition) is 8. The third-order valence-electron chi connectivity index (χ3n) is 3.18. The zero-order valence-electron chi connectivity index (χ0n) is 11.9. The van der Waals surface area contributed by atoms with Crippen molar-refractivity contribution in [1.82, 2.24) is 15.0 Å². The molecule has 0 amide bonds. The van der Waals surface area contributed by atoms with Crippen LogP contribution in [0, 0.1) is 0 Å². The molecule has 0 unspecified atom stereocenters. The smallest absolute Gasteiger partial charge is 0.322 e. The number of anilines is 2. The normalized spacial score (nSPS) is 16.2. The van der Waals surface area contributed by atoms with Crippen molar-refractivity contribution in [1.29, 1.82) is 0 Å². The zero-order chi connectivity index (χ0) is 14.4. The van der Waals surface area contributed by atoms with Crippen molar-refractivity contribution in [2.75, 3.05) is 50.7 Å². The van der Waals surface area contributed by atoms with Crippen LogP contribution in [0.15, 0.2) is 0 Å². The van der Waals surface area contributed by atoms with Crippen LogP contribution in [-0.4, -0.2) is 66.6 Å². The van der Waals surface area contributed by atoms with E-state index in [1.165, 1.54) is 7.11 Å². The van der Waals surface area contributed by atoms with Crippen molar-refractivity contribution >= 4 is 11.9 Å². The summed E-state index contributed by atoms with van der Waals surface area (Å²) < 4.78 is 10.6. The van der Waals surface area contributed by atoms with Gasteiger partial charge in [-0.05, 0) is 12.8 Å². The Kier molecular flexibility index (Phi) is 5.31. The van der Waals surface area contributed by atoms with Crippen molar-refractivity contribution in [3.05, 3.63) is 0 Å². The van der Waals surface area contributed by atoms with E-state index in [0.717, 1.165) is 25.9 Å². The summed E-state index contributed by atoms with van der Waals surface area (Å²) in [5.41, 5.74) is 0. The number of aromatic nitrogens is 3. The van der Waals surface area contributed by atoms with Crippen LogP contribution >= 0.6 is 0 Å². The van der Waals surface area contributed by atoms with Crippen molar-refractivity contribution < 1.29 is 14.6 Å². The second kappa shape index (κ2) is 7.20. The topological polar surface area (TPSA) is 92.6 Å². The number of piperidine rings is 1. The molecule has 0 spiro atoms. The van der Waals surface area contributed by atoms with Gasteiger partial charge in [0.25, 0.3) is 0 Å². The molecule has 1 fully saturated rings. The molecular formula is C12H21N5O3. The van der Waals surface area contributed by atoms with Crippen LogP contribution in [0.4, 0.5) is 11.9 Å². The quantitative estimate of drug-likeness (QED) is 0.747. The minimum absolute atomic E-state index is 0.0659. The lowest BCUT2D eigenvalue weighted by Gasteiger charge is -2.31. The highest BCUT2D eigenvalue weighted by Crippen LogP contribution is 2.20. The number of nitrogens with zero attached hydrogens (tertiary/aromatic N) is 4. The van der Waals surface area contributed by atoms with E-state index >= 15 is 0 Å². The van der Waals surface area contributed by atoms with Crippen molar-refractivity contribution in [3.8, 4) is 6.01 Å². The molecule has 1 aromatic heterocycles. The maximum absolute atomic E-state index is 8.76. The molecule has 20 heavy (non-hydrogen) atoms. The van der Waals surface area contributed by atoms with Gasteiger partial charge in [-0.15, -0.1) is 0 Å². The van der Waals surface area contributed by atoms with Gasteiger partial charge >= 0.3 is 6.01 Å². The first-order valence-electron chi connectivity index (χ1n) is 6.72. The molecule has 1 saturated heterocycles. The molecule has 2 rings (SSSR count). The van der Waals surface area contributed by atoms with Gasteiger partial charge in [-0.1, -0.05) is 0 Å². The lowest BCUT2D eigenvalue weighted by Crippen LogP contribution is -2.38. The number of methoxy groups -OCH3 is 1. The second-order valence-corrected chi connectivity index (χ2v) is 4.48. The molecular weight excluding hydrogens is 262 g/mol. The fourth-order valence-electron chi connectivity index (χ4n) is 2.13. The third-order valence-corrected chi connectivity index (χ3v) is 3.18. The van der Waals surface area contributed by atoms with Gasteiger partial charge in [-0.3, -0.25) is 0 Å². The van der Waals surface area contributed by atoms with Crippen LogP contribution in [0.25, 0.3) is 0 Å². The van der Waals surface area contributed by atoms with Gasteiger partial charge in [0.1, 0.15) is 0 Å². The molecule has 2 N–H and O–H groups in total. The molecule has 0 atom stereocenters. The number of hydrogen-bond donors (Lipinski definition) is 2. The largest absolute Gasteiger partial charge is 0.467 e. The summed E-state index contributed by atoms with van der Waals surface area (Å²) in [7, 11) is 3.29. The first kappa shape index (κ1) is 14.7. The predicted molar refractivity (Wildman–Crippen MR) is 74.2 cm³/mol. The van der Waals surface area contributed by atoms with E-state index in [0.29, 0.717) is 24.5 Å². The lowest BCUT2D eigenvalue weighted by atomic mass is 10.1. The SMILES string of the molecule is CNc1nc(OC)nc(N2CCC(OCCO)CC2)n1. The summed E-state index contributed by atoms with van der Waals surface area (Å²) in [6, 6.07) is 0.304. The van der Waals surface area contributed by atoms with Crippen LogP contribution in [0.5, 0.6) is 6.01 Å². The number of rotatable bonds is 6. The van der Waals surface area contributed by atoms with E-state index in [-0.39, 0.29) is 12.7 Å². The van der Waals surface area contributed by atoms with E-state index in [1.807, 2.05) is 0 Å². The van der Waals surface area contributed by atoms with E-state index in [4.69, 9.17) is 14.6 Å². The van der Waals surface area contributed by atoms with Crippen molar-refractivity contribution in [2.45, 2.75) is 18.9 Å². The first-order valence-corrected chi connectivity index (χ1v) is 6.72. The van der Waals surface area contributed by atoms with Crippen molar-refractivity contribution in [3.63, 3.8) is 0 Å². The molecule has 0 saturated carbocycles. The molecule has 0 radical (unpaired) electrons. The second-order valence-electron chi connectivity index (χ2n) is 4.48. The number of aliphatic hydroxyl groups is 1. The lowest BCUT2D eigenvalue weighted by molar-refractivity contribution is 0.0157. The predicted octanol–water partition coefficient (Wildman–Crippen LogP) is -0.100. The molecule has 0 bridgehead atoms.